The Kier molecular flexibility index (Phi) is 7.26. The van der Waals surface area contributed by atoms with Crippen molar-refractivity contribution in [2.45, 2.75) is 13.5 Å². The number of amides is 2. The van der Waals surface area contributed by atoms with Crippen LogP contribution in [0.1, 0.15) is 32.5 Å². The van der Waals surface area contributed by atoms with E-state index in [1.165, 1.54) is 6.92 Å². The van der Waals surface area contributed by atoms with Crippen LogP contribution in [0.25, 0.3) is 10.1 Å². The van der Waals surface area contributed by atoms with Crippen molar-refractivity contribution in [2.24, 2.45) is 5.73 Å². The molecular formula is C21H17ClF2N2O5S. The zero-order valence-corrected chi connectivity index (χ0v) is 18.2. The number of thiophene rings is 1. The van der Waals surface area contributed by atoms with Crippen LogP contribution in [0.2, 0.25) is 5.02 Å². The van der Waals surface area contributed by atoms with Crippen molar-refractivity contribution in [3.05, 3.63) is 63.0 Å². The molecule has 3 N–H and O–H groups in total. The standard InChI is InChI=1S/C21H17ClF2N2O5S/c1-10(27)26-5-6-30-21(29)19-12(17-13(22)3-2-4-16(17)32-19)9-31-18-14(23)7-11(20(25)28)8-15(18)24/h2-4,7-8H,5-6,9H2,1H3,(H2,25,28)(H,26,27). The summed E-state index contributed by atoms with van der Waals surface area (Å²) in [6.45, 7) is 0.989. The number of rotatable bonds is 8. The molecule has 2 amide bonds. The molecular weight excluding hydrogens is 466 g/mol. The lowest BCUT2D eigenvalue weighted by molar-refractivity contribution is -0.119. The maximum atomic E-state index is 14.3. The molecule has 0 spiro atoms. The molecule has 1 heterocycles. The minimum absolute atomic E-state index is 0.0709. The van der Waals surface area contributed by atoms with Crippen LogP contribution in [0.15, 0.2) is 30.3 Å². The van der Waals surface area contributed by atoms with Gasteiger partial charge >= 0.3 is 5.97 Å². The Balaban J connectivity index is 1.90. The summed E-state index contributed by atoms with van der Waals surface area (Å²) in [5, 5.41) is 3.31. The second-order valence-corrected chi connectivity index (χ2v) is 8.02. The summed E-state index contributed by atoms with van der Waals surface area (Å²) in [6, 6.07) is 6.55. The zero-order chi connectivity index (χ0) is 23.4. The number of halogens is 3. The summed E-state index contributed by atoms with van der Waals surface area (Å²) >= 11 is 7.38. The van der Waals surface area contributed by atoms with E-state index in [-0.39, 0.29) is 35.1 Å². The van der Waals surface area contributed by atoms with Crippen LogP contribution < -0.4 is 15.8 Å². The number of hydrogen-bond donors (Lipinski definition) is 2. The van der Waals surface area contributed by atoms with Crippen molar-refractivity contribution in [2.75, 3.05) is 13.2 Å². The lowest BCUT2D eigenvalue weighted by Gasteiger charge is -2.11. The summed E-state index contributed by atoms with van der Waals surface area (Å²) in [6.07, 6.45) is 0. The van der Waals surface area contributed by atoms with E-state index in [1.807, 2.05) is 0 Å². The molecule has 32 heavy (non-hydrogen) atoms. The molecule has 0 saturated carbocycles. The number of ether oxygens (including phenoxy) is 2. The lowest BCUT2D eigenvalue weighted by Crippen LogP contribution is -2.25. The SMILES string of the molecule is CC(=O)NCCOC(=O)c1sc2cccc(Cl)c2c1COc1c(F)cc(C(N)=O)cc1F. The van der Waals surface area contributed by atoms with Gasteiger partial charge in [0.05, 0.1) is 6.54 Å². The van der Waals surface area contributed by atoms with Crippen LogP contribution >= 0.6 is 22.9 Å². The number of nitrogens with two attached hydrogens (primary N) is 1. The number of benzene rings is 2. The van der Waals surface area contributed by atoms with Crippen LogP contribution in [-0.2, 0) is 16.1 Å². The summed E-state index contributed by atoms with van der Waals surface area (Å²) in [4.78, 5) is 34.9. The Morgan fingerprint density at radius 1 is 1.19 bits per heavy atom. The largest absolute Gasteiger partial charge is 0.483 e. The van der Waals surface area contributed by atoms with Crippen LogP contribution in [0.3, 0.4) is 0 Å². The minimum Gasteiger partial charge on any atom is -0.483 e. The van der Waals surface area contributed by atoms with Crippen LogP contribution in [-0.4, -0.2) is 30.9 Å². The summed E-state index contributed by atoms with van der Waals surface area (Å²) in [7, 11) is 0. The first-order chi connectivity index (χ1) is 15.2. The Labute approximate surface area is 190 Å². The predicted molar refractivity (Wildman–Crippen MR) is 115 cm³/mol. The van der Waals surface area contributed by atoms with Gasteiger partial charge in [0.15, 0.2) is 17.4 Å². The van der Waals surface area contributed by atoms with E-state index in [9.17, 15) is 23.2 Å². The van der Waals surface area contributed by atoms with Crippen molar-refractivity contribution in [1.29, 1.82) is 0 Å². The van der Waals surface area contributed by atoms with Gasteiger partial charge < -0.3 is 20.5 Å². The highest BCUT2D eigenvalue weighted by Crippen LogP contribution is 2.37. The fourth-order valence-electron chi connectivity index (χ4n) is 2.89. The van der Waals surface area contributed by atoms with Gasteiger partial charge in [-0.2, -0.15) is 0 Å². The van der Waals surface area contributed by atoms with E-state index in [4.69, 9.17) is 26.8 Å². The third-order valence-electron chi connectivity index (χ3n) is 4.30. The Morgan fingerprint density at radius 2 is 1.88 bits per heavy atom. The average molecular weight is 483 g/mol. The van der Waals surface area contributed by atoms with E-state index in [1.54, 1.807) is 18.2 Å². The third-order valence-corrected chi connectivity index (χ3v) is 5.79. The van der Waals surface area contributed by atoms with Crippen molar-refractivity contribution < 1.29 is 32.6 Å². The number of fused-ring (bicyclic) bond motifs is 1. The number of carbonyl (C=O) groups is 3. The van der Waals surface area contributed by atoms with Gasteiger partial charge in [0.1, 0.15) is 18.1 Å². The summed E-state index contributed by atoms with van der Waals surface area (Å²) in [5.74, 6) is -4.93. The van der Waals surface area contributed by atoms with E-state index in [0.29, 0.717) is 15.1 Å². The van der Waals surface area contributed by atoms with E-state index in [0.717, 1.165) is 23.5 Å². The molecule has 0 unspecified atom stereocenters. The highest BCUT2D eigenvalue weighted by Gasteiger charge is 2.23. The molecule has 0 saturated heterocycles. The first-order valence-electron chi connectivity index (χ1n) is 9.22. The zero-order valence-electron chi connectivity index (χ0n) is 16.7. The molecule has 3 aromatic rings. The third kappa shape index (κ3) is 5.14. The van der Waals surface area contributed by atoms with E-state index in [2.05, 4.69) is 5.32 Å². The molecule has 0 radical (unpaired) electrons. The van der Waals surface area contributed by atoms with Crippen molar-refractivity contribution in [1.82, 2.24) is 5.32 Å². The number of hydrogen-bond acceptors (Lipinski definition) is 6. The smallest absolute Gasteiger partial charge is 0.348 e. The molecule has 1 aromatic heterocycles. The summed E-state index contributed by atoms with van der Waals surface area (Å²) < 4.78 is 39.8. The topological polar surface area (TPSA) is 108 Å². The first kappa shape index (κ1) is 23.4. The Bertz CT molecular complexity index is 1190. The van der Waals surface area contributed by atoms with E-state index >= 15 is 0 Å². The van der Waals surface area contributed by atoms with Gasteiger partial charge in [-0.25, -0.2) is 13.6 Å². The van der Waals surface area contributed by atoms with Crippen LogP contribution in [0, 0.1) is 11.6 Å². The fourth-order valence-corrected chi connectivity index (χ4v) is 4.36. The highest BCUT2D eigenvalue weighted by atomic mass is 35.5. The molecule has 7 nitrogen and oxygen atoms in total. The van der Waals surface area contributed by atoms with Crippen molar-refractivity contribution in [3.8, 4) is 5.75 Å². The van der Waals surface area contributed by atoms with Gasteiger partial charge in [-0.15, -0.1) is 11.3 Å². The minimum atomic E-state index is -1.12. The molecule has 3 rings (SSSR count). The quantitative estimate of drug-likeness (QED) is 0.375. The Morgan fingerprint density at radius 3 is 2.50 bits per heavy atom. The molecule has 0 bridgehead atoms. The fraction of sp³-hybridized carbons (Fsp3) is 0.190. The molecule has 0 atom stereocenters. The first-order valence-corrected chi connectivity index (χ1v) is 10.4. The average Bonchev–Trinajstić information content (AvgIpc) is 3.10. The van der Waals surface area contributed by atoms with Crippen molar-refractivity contribution in [3.63, 3.8) is 0 Å². The van der Waals surface area contributed by atoms with Gasteiger partial charge in [-0.1, -0.05) is 17.7 Å². The monoisotopic (exact) mass is 482 g/mol. The maximum absolute atomic E-state index is 14.3. The van der Waals surface area contributed by atoms with Gasteiger partial charge in [0.2, 0.25) is 11.8 Å². The summed E-state index contributed by atoms with van der Waals surface area (Å²) in [5.41, 5.74) is 4.99. The molecule has 0 aliphatic carbocycles. The number of nitrogens with one attached hydrogen (secondary N) is 1. The van der Waals surface area contributed by atoms with Gasteiger partial charge in [-0.05, 0) is 24.3 Å². The number of primary amides is 1. The number of carbonyl (C=O) groups excluding carboxylic acids is 3. The molecule has 0 aliphatic heterocycles. The second-order valence-electron chi connectivity index (χ2n) is 6.56. The predicted octanol–water partition coefficient (Wildman–Crippen LogP) is 3.80. The molecule has 168 valence electrons. The van der Waals surface area contributed by atoms with Gasteiger partial charge in [0, 0.05) is 33.2 Å². The van der Waals surface area contributed by atoms with Crippen molar-refractivity contribution >= 4 is 50.8 Å². The van der Waals surface area contributed by atoms with E-state index < -0.39 is 35.9 Å². The Hall–Kier alpha value is -3.24. The van der Waals surface area contributed by atoms with Crippen LogP contribution in [0.5, 0.6) is 5.75 Å². The molecule has 2 aromatic carbocycles. The molecule has 0 fully saturated rings. The van der Waals surface area contributed by atoms with Gasteiger partial charge in [-0.3, -0.25) is 9.59 Å². The number of esters is 1. The molecule has 0 aliphatic rings. The molecule has 11 heteroatoms. The highest BCUT2D eigenvalue weighted by molar-refractivity contribution is 7.21. The normalized spacial score (nSPS) is 10.8. The second kappa shape index (κ2) is 9.92. The maximum Gasteiger partial charge on any atom is 0.348 e. The lowest BCUT2D eigenvalue weighted by atomic mass is 10.1. The van der Waals surface area contributed by atoms with Crippen LogP contribution in [0.4, 0.5) is 8.78 Å². The van der Waals surface area contributed by atoms with Gasteiger partial charge in [0.25, 0.3) is 0 Å².